The van der Waals surface area contributed by atoms with Gasteiger partial charge in [-0.25, -0.2) is 26.3 Å². The number of hydrogen-bond donors (Lipinski definition) is 1. The van der Waals surface area contributed by atoms with Crippen molar-refractivity contribution < 1.29 is 21.6 Å². The first kappa shape index (κ1) is 16.8. The van der Waals surface area contributed by atoms with E-state index < -0.39 is 32.4 Å². The summed E-state index contributed by atoms with van der Waals surface area (Å²) >= 11 is 3.50. The van der Waals surface area contributed by atoms with Crippen LogP contribution in [0, 0.1) is 23.4 Å². The minimum Gasteiger partial charge on any atom is -0.211 e. The summed E-state index contributed by atoms with van der Waals surface area (Å²) in [5.74, 6) is -3.87. The second-order valence-corrected chi connectivity index (χ2v) is 8.17. The van der Waals surface area contributed by atoms with Crippen LogP contribution in [-0.2, 0) is 10.0 Å². The Bertz CT molecular complexity index is 593. The zero-order valence-corrected chi connectivity index (χ0v) is 13.5. The van der Waals surface area contributed by atoms with Crippen LogP contribution in [0.25, 0.3) is 0 Å². The Kier molecular flexibility index (Phi) is 5.32. The van der Waals surface area contributed by atoms with Gasteiger partial charge in [-0.05, 0) is 31.6 Å². The molecular formula is C13H15BrF3NO2S. The SMILES string of the molecule is O=S(=O)(NCC1CCC(Br)CC1)c1c(F)cc(F)cc1F. The Balaban J connectivity index is 2.09. The molecule has 1 fully saturated rings. The summed E-state index contributed by atoms with van der Waals surface area (Å²) < 4.78 is 66.0. The fourth-order valence-corrected chi connectivity index (χ4v) is 4.17. The van der Waals surface area contributed by atoms with Crippen LogP contribution in [0.3, 0.4) is 0 Å². The van der Waals surface area contributed by atoms with E-state index in [1.165, 1.54) is 0 Å². The second-order valence-electron chi connectivity index (χ2n) is 5.17. The molecule has 0 aliphatic heterocycles. The van der Waals surface area contributed by atoms with E-state index in [1.807, 2.05) is 0 Å². The van der Waals surface area contributed by atoms with Gasteiger partial charge in [0.1, 0.15) is 17.5 Å². The van der Waals surface area contributed by atoms with Gasteiger partial charge in [0, 0.05) is 23.5 Å². The molecule has 1 N–H and O–H groups in total. The lowest BCUT2D eigenvalue weighted by atomic mass is 9.89. The molecule has 1 aromatic carbocycles. The molecule has 0 radical (unpaired) electrons. The smallest absolute Gasteiger partial charge is 0.211 e. The first-order valence-corrected chi connectivity index (χ1v) is 8.98. The standard InChI is InChI=1S/C13H15BrF3NO2S/c14-9-3-1-8(2-4-9)7-18-21(19,20)13-11(16)5-10(15)6-12(13)17/h5-6,8-9,18H,1-4,7H2. The Morgan fingerprint density at radius 2 is 1.62 bits per heavy atom. The fourth-order valence-electron chi connectivity index (χ4n) is 2.41. The maximum atomic E-state index is 13.5. The highest BCUT2D eigenvalue weighted by molar-refractivity contribution is 9.09. The van der Waals surface area contributed by atoms with Gasteiger partial charge in [-0.2, -0.15) is 0 Å². The molecule has 1 saturated carbocycles. The van der Waals surface area contributed by atoms with E-state index in [0.717, 1.165) is 25.7 Å². The summed E-state index contributed by atoms with van der Waals surface area (Å²) in [4.78, 5) is -0.685. The molecule has 0 spiro atoms. The van der Waals surface area contributed by atoms with Crippen molar-refractivity contribution in [1.29, 1.82) is 0 Å². The average Bonchev–Trinajstić information content (AvgIpc) is 2.36. The van der Waals surface area contributed by atoms with Crippen LogP contribution >= 0.6 is 15.9 Å². The lowest BCUT2D eigenvalue weighted by Crippen LogP contribution is -2.32. The molecule has 0 saturated heterocycles. The summed E-state index contributed by atoms with van der Waals surface area (Å²) in [5.41, 5.74) is 0. The molecule has 8 heteroatoms. The van der Waals surface area contributed by atoms with Crippen molar-refractivity contribution in [2.45, 2.75) is 35.4 Å². The molecular weight excluding hydrogens is 371 g/mol. The number of benzene rings is 1. The van der Waals surface area contributed by atoms with Gasteiger partial charge in [0.15, 0.2) is 4.90 Å². The Morgan fingerprint density at radius 3 is 2.14 bits per heavy atom. The van der Waals surface area contributed by atoms with E-state index in [2.05, 4.69) is 20.7 Å². The summed E-state index contributed by atoms with van der Waals surface area (Å²) in [7, 11) is -4.33. The molecule has 1 aliphatic carbocycles. The predicted molar refractivity (Wildman–Crippen MR) is 76.2 cm³/mol. The minimum atomic E-state index is -4.33. The highest BCUT2D eigenvalue weighted by Gasteiger charge is 2.27. The van der Waals surface area contributed by atoms with E-state index in [9.17, 15) is 21.6 Å². The highest BCUT2D eigenvalue weighted by atomic mass is 79.9. The Hall–Kier alpha value is -0.600. The summed E-state index contributed by atoms with van der Waals surface area (Å²) in [6.45, 7) is 0.123. The van der Waals surface area contributed by atoms with Crippen LogP contribution in [0.5, 0.6) is 0 Å². The topological polar surface area (TPSA) is 46.2 Å². The van der Waals surface area contributed by atoms with Crippen LogP contribution in [0.15, 0.2) is 17.0 Å². The van der Waals surface area contributed by atoms with Gasteiger partial charge in [0.2, 0.25) is 10.0 Å². The fraction of sp³-hybridized carbons (Fsp3) is 0.538. The highest BCUT2D eigenvalue weighted by Crippen LogP contribution is 2.28. The maximum absolute atomic E-state index is 13.5. The molecule has 0 bridgehead atoms. The molecule has 0 amide bonds. The Labute approximate surface area is 130 Å². The average molecular weight is 386 g/mol. The largest absolute Gasteiger partial charge is 0.246 e. The predicted octanol–water partition coefficient (Wildman–Crippen LogP) is 3.34. The van der Waals surface area contributed by atoms with Crippen molar-refractivity contribution in [2.24, 2.45) is 5.92 Å². The van der Waals surface area contributed by atoms with E-state index in [1.54, 1.807) is 0 Å². The van der Waals surface area contributed by atoms with Gasteiger partial charge in [-0.15, -0.1) is 0 Å². The number of halogens is 4. The number of sulfonamides is 1. The van der Waals surface area contributed by atoms with Crippen LogP contribution in [0.1, 0.15) is 25.7 Å². The molecule has 2 rings (SSSR count). The zero-order chi connectivity index (χ0) is 15.6. The second kappa shape index (κ2) is 6.66. The van der Waals surface area contributed by atoms with Crippen molar-refractivity contribution in [2.75, 3.05) is 6.54 Å². The first-order chi connectivity index (χ1) is 9.79. The van der Waals surface area contributed by atoms with Crippen molar-refractivity contribution in [3.05, 3.63) is 29.6 Å². The normalized spacial score (nSPS) is 23.2. The first-order valence-electron chi connectivity index (χ1n) is 6.58. The zero-order valence-electron chi connectivity index (χ0n) is 11.1. The summed E-state index contributed by atoms with van der Waals surface area (Å²) in [6, 6.07) is 0.710. The van der Waals surface area contributed by atoms with Gasteiger partial charge < -0.3 is 0 Å². The lowest BCUT2D eigenvalue weighted by Gasteiger charge is -2.25. The van der Waals surface area contributed by atoms with Crippen LogP contribution in [0.4, 0.5) is 13.2 Å². The third kappa shape index (κ3) is 4.20. The van der Waals surface area contributed by atoms with E-state index in [0.29, 0.717) is 17.0 Å². The number of hydrogen-bond acceptors (Lipinski definition) is 2. The number of nitrogens with one attached hydrogen (secondary N) is 1. The monoisotopic (exact) mass is 385 g/mol. The van der Waals surface area contributed by atoms with Gasteiger partial charge in [0.25, 0.3) is 0 Å². The van der Waals surface area contributed by atoms with Crippen molar-refractivity contribution in [1.82, 2.24) is 4.72 Å². The maximum Gasteiger partial charge on any atom is 0.246 e. The molecule has 0 heterocycles. The molecule has 21 heavy (non-hydrogen) atoms. The Morgan fingerprint density at radius 1 is 1.10 bits per heavy atom. The molecule has 3 nitrogen and oxygen atoms in total. The van der Waals surface area contributed by atoms with Crippen molar-refractivity contribution >= 4 is 26.0 Å². The molecule has 118 valence electrons. The third-order valence-corrected chi connectivity index (χ3v) is 5.96. The van der Waals surface area contributed by atoms with Gasteiger partial charge in [-0.1, -0.05) is 15.9 Å². The third-order valence-electron chi connectivity index (χ3n) is 3.57. The summed E-state index contributed by atoms with van der Waals surface area (Å²) in [6.07, 6.45) is 3.55. The van der Waals surface area contributed by atoms with Crippen LogP contribution < -0.4 is 4.72 Å². The number of rotatable bonds is 4. The van der Waals surface area contributed by atoms with Crippen molar-refractivity contribution in [3.63, 3.8) is 0 Å². The molecule has 0 unspecified atom stereocenters. The summed E-state index contributed by atoms with van der Waals surface area (Å²) in [5, 5.41) is 0. The van der Waals surface area contributed by atoms with Gasteiger partial charge >= 0.3 is 0 Å². The van der Waals surface area contributed by atoms with Crippen LogP contribution in [0.2, 0.25) is 0 Å². The van der Waals surface area contributed by atoms with E-state index in [-0.39, 0.29) is 12.5 Å². The minimum absolute atomic E-state index is 0.123. The molecule has 0 atom stereocenters. The number of alkyl halides is 1. The van der Waals surface area contributed by atoms with Gasteiger partial charge in [-0.3, -0.25) is 0 Å². The molecule has 0 aromatic heterocycles. The van der Waals surface area contributed by atoms with Crippen molar-refractivity contribution in [3.8, 4) is 0 Å². The molecule has 1 aromatic rings. The van der Waals surface area contributed by atoms with Crippen LogP contribution in [-0.4, -0.2) is 19.8 Å². The molecule has 1 aliphatic rings. The lowest BCUT2D eigenvalue weighted by molar-refractivity contribution is 0.366. The van der Waals surface area contributed by atoms with Gasteiger partial charge in [0.05, 0.1) is 0 Å². The van der Waals surface area contributed by atoms with E-state index >= 15 is 0 Å². The quantitative estimate of drug-likeness (QED) is 0.807. The van der Waals surface area contributed by atoms with E-state index in [4.69, 9.17) is 0 Å².